The van der Waals surface area contributed by atoms with Crippen molar-refractivity contribution in [1.29, 1.82) is 0 Å². The highest BCUT2D eigenvalue weighted by atomic mass is 16.6. The minimum absolute atomic E-state index is 0.0826. The zero-order valence-corrected chi connectivity index (χ0v) is 22.1. The van der Waals surface area contributed by atoms with Crippen LogP contribution in [0.15, 0.2) is 24.3 Å². The predicted molar refractivity (Wildman–Crippen MR) is 130 cm³/mol. The zero-order chi connectivity index (χ0) is 27.2. The molecule has 0 aliphatic heterocycles. The van der Waals surface area contributed by atoms with Gasteiger partial charge in [-0.3, -0.25) is 14.9 Å². The quantitative estimate of drug-likeness (QED) is 0.237. The second kappa shape index (κ2) is 11.5. The first-order valence-electron chi connectivity index (χ1n) is 11.4. The third-order valence-electron chi connectivity index (χ3n) is 4.27. The van der Waals surface area contributed by atoms with E-state index in [2.05, 4.69) is 5.32 Å². The predicted octanol–water partition coefficient (Wildman–Crippen LogP) is 4.72. The molecule has 10 heteroatoms. The van der Waals surface area contributed by atoms with Gasteiger partial charge in [0.15, 0.2) is 0 Å². The highest BCUT2D eigenvalue weighted by Crippen LogP contribution is 2.23. The van der Waals surface area contributed by atoms with Gasteiger partial charge in [-0.05, 0) is 80.7 Å². The summed E-state index contributed by atoms with van der Waals surface area (Å²) in [5.41, 5.74) is -1.87. The Hall–Kier alpha value is -3.17. The first-order chi connectivity index (χ1) is 15.8. The first-order valence-corrected chi connectivity index (χ1v) is 11.4. The molecule has 10 nitrogen and oxygen atoms in total. The number of carbonyl (C=O) groups is 3. The number of benzene rings is 1. The largest absolute Gasteiger partial charge is 0.460 e. The van der Waals surface area contributed by atoms with Gasteiger partial charge in [0.1, 0.15) is 22.8 Å². The summed E-state index contributed by atoms with van der Waals surface area (Å²) in [6.45, 7) is 15.3. The van der Waals surface area contributed by atoms with Gasteiger partial charge < -0.3 is 19.5 Å². The number of nitro groups is 1. The van der Waals surface area contributed by atoms with Crippen molar-refractivity contribution >= 4 is 23.7 Å². The normalized spacial score (nSPS) is 13.9. The lowest BCUT2D eigenvalue weighted by atomic mass is 9.92. The molecular weight excluding hydrogens is 456 g/mol. The van der Waals surface area contributed by atoms with Gasteiger partial charge in [-0.25, -0.2) is 9.59 Å². The fourth-order valence-corrected chi connectivity index (χ4v) is 3.01. The van der Waals surface area contributed by atoms with E-state index in [1.807, 2.05) is 0 Å². The summed E-state index contributed by atoms with van der Waals surface area (Å²) in [6.07, 6.45) is -0.825. The summed E-state index contributed by atoms with van der Waals surface area (Å²) in [5.74, 6) is -2.15. The average molecular weight is 495 g/mol. The zero-order valence-electron chi connectivity index (χ0n) is 22.1. The lowest BCUT2D eigenvalue weighted by Gasteiger charge is -2.29. The first kappa shape index (κ1) is 29.9. The standard InChI is InChI=1S/C25H38N2O8/c1-23(2,3)33-20(28)17(14-16-10-12-18(13-11-16)27(31)32)15-19(21(29)34-24(4,5)6)26-22(30)35-25(7,8)9/h10-13,17,19H,14-15H2,1-9H3,(H,26,30)/t17-,19-/m0/s1. The number of esters is 2. The molecule has 1 aromatic rings. The summed E-state index contributed by atoms with van der Waals surface area (Å²) in [7, 11) is 0. The van der Waals surface area contributed by atoms with Crippen molar-refractivity contribution in [2.45, 2.75) is 98.0 Å². The van der Waals surface area contributed by atoms with Crippen LogP contribution >= 0.6 is 0 Å². The Bertz CT molecular complexity index is 905. The number of nitrogens with zero attached hydrogens (tertiary/aromatic N) is 1. The van der Waals surface area contributed by atoms with E-state index in [-0.39, 0.29) is 18.5 Å². The molecule has 35 heavy (non-hydrogen) atoms. The highest BCUT2D eigenvalue weighted by molar-refractivity contribution is 5.83. The van der Waals surface area contributed by atoms with Crippen LogP contribution in [0.25, 0.3) is 0 Å². The van der Waals surface area contributed by atoms with E-state index < -0.39 is 51.7 Å². The number of amides is 1. The van der Waals surface area contributed by atoms with E-state index >= 15 is 0 Å². The van der Waals surface area contributed by atoms with E-state index in [1.165, 1.54) is 12.1 Å². The lowest BCUT2D eigenvalue weighted by Crippen LogP contribution is -2.48. The van der Waals surface area contributed by atoms with E-state index in [0.29, 0.717) is 5.56 Å². The lowest BCUT2D eigenvalue weighted by molar-refractivity contribution is -0.384. The van der Waals surface area contributed by atoms with E-state index in [9.17, 15) is 24.5 Å². The van der Waals surface area contributed by atoms with Crippen LogP contribution in [0.4, 0.5) is 10.5 Å². The monoisotopic (exact) mass is 494 g/mol. The second-order valence-electron chi connectivity index (χ2n) is 11.3. The van der Waals surface area contributed by atoms with Crippen molar-refractivity contribution in [2.24, 2.45) is 5.92 Å². The third kappa shape index (κ3) is 12.2. The maximum atomic E-state index is 13.1. The van der Waals surface area contributed by atoms with Crippen LogP contribution in [0.1, 0.15) is 74.3 Å². The molecule has 2 atom stereocenters. The summed E-state index contributed by atoms with van der Waals surface area (Å²) in [5, 5.41) is 13.5. The van der Waals surface area contributed by atoms with E-state index in [4.69, 9.17) is 14.2 Å². The molecule has 1 rings (SSSR count). The van der Waals surface area contributed by atoms with Gasteiger partial charge in [0.05, 0.1) is 10.8 Å². The minimum atomic E-state index is -1.19. The Morgan fingerprint density at radius 3 is 1.71 bits per heavy atom. The van der Waals surface area contributed by atoms with Gasteiger partial charge in [0.2, 0.25) is 0 Å². The molecule has 1 amide bonds. The highest BCUT2D eigenvalue weighted by Gasteiger charge is 2.35. The molecule has 1 aromatic carbocycles. The number of hydrogen-bond donors (Lipinski definition) is 1. The Labute approximate surface area is 206 Å². The molecule has 0 fully saturated rings. The molecule has 0 unspecified atom stereocenters. The van der Waals surface area contributed by atoms with Crippen LogP contribution in [0, 0.1) is 16.0 Å². The molecule has 0 bridgehead atoms. The molecule has 0 aromatic heterocycles. The Morgan fingerprint density at radius 1 is 0.829 bits per heavy atom. The number of nitro benzene ring substituents is 1. The van der Waals surface area contributed by atoms with Crippen LogP contribution in [-0.4, -0.2) is 45.8 Å². The molecule has 0 aliphatic carbocycles. The van der Waals surface area contributed by atoms with Crippen molar-refractivity contribution in [3.05, 3.63) is 39.9 Å². The topological polar surface area (TPSA) is 134 Å². The molecule has 0 saturated heterocycles. The molecule has 0 saturated carbocycles. The molecule has 0 spiro atoms. The average Bonchev–Trinajstić information content (AvgIpc) is 2.62. The number of non-ortho nitro benzene ring substituents is 1. The Kier molecular flexibility index (Phi) is 9.82. The molecule has 1 N–H and O–H groups in total. The third-order valence-corrected chi connectivity index (χ3v) is 4.27. The van der Waals surface area contributed by atoms with Crippen molar-refractivity contribution < 1.29 is 33.5 Å². The van der Waals surface area contributed by atoms with Crippen molar-refractivity contribution in [3.8, 4) is 0 Å². The Balaban J connectivity index is 3.26. The van der Waals surface area contributed by atoms with Gasteiger partial charge in [-0.15, -0.1) is 0 Å². The van der Waals surface area contributed by atoms with Crippen LogP contribution in [0.5, 0.6) is 0 Å². The number of nitrogens with one attached hydrogen (secondary N) is 1. The SMILES string of the molecule is CC(C)(C)OC(=O)N[C@@H](C[C@H](Cc1ccc([N+](=O)[O-])cc1)C(=O)OC(C)(C)C)C(=O)OC(C)(C)C. The van der Waals surface area contributed by atoms with Crippen LogP contribution in [0.3, 0.4) is 0 Å². The molecule has 0 heterocycles. The maximum Gasteiger partial charge on any atom is 0.408 e. The van der Waals surface area contributed by atoms with Gasteiger partial charge >= 0.3 is 18.0 Å². The molecule has 0 radical (unpaired) electrons. The van der Waals surface area contributed by atoms with Crippen LogP contribution < -0.4 is 5.32 Å². The molecular formula is C25H38N2O8. The summed E-state index contributed by atoms with van der Waals surface area (Å²) < 4.78 is 16.3. The van der Waals surface area contributed by atoms with Crippen molar-refractivity contribution in [2.75, 3.05) is 0 Å². The number of carbonyl (C=O) groups excluding carboxylic acids is 3. The van der Waals surface area contributed by atoms with Gasteiger partial charge in [-0.1, -0.05) is 12.1 Å². The molecule has 196 valence electrons. The van der Waals surface area contributed by atoms with Gasteiger partial charge in [0.25, 0.3) is 5.69 Å². The summed E-state index contributed by atoms with van der Waals surface area (Å²) in [4.78, 5) is 48.9. The van der Waals surface area contributed by atoms with Gasteiger partial charge in [-0.2, -0.15) is 0 Å². The smallest absolute Gasteiger partial charge is 0.408 e. The number of alkyl carbamates (subject to hydrolysis) is 1. The van der Waals surface area contributed by atoms with Crippen LogP contribution in [0.2, 0.25) is 0 Å². The summed E-state index contributed by atoms with van der Waals surface area (Å²) in [6, 6.07) is 4.57. The fraction of sp³-hybridized carbons (Fsp3) is 0.640. The maximum absolute atomic E-state index is 13.1. The number of ether oxygens (including phenoxy) is 3. The summed E-state index contributed by atoms with van der Waals surface area (Å²) >= 11 is 0. The van der Waals surface area contributed by atoms with Crippen molar-refractivity contribution in [1.82, 2.24) is 5.32 Å². The van der Waals surface area contributed by atoms with Gasteiger partial charge in [0, 0.05) is 12.1 Å². The number of hydrogen-bond acceptors (Lipinski definition) is 8. The molecule has 0 aliphatic rings. The van der Waals surface area contributed by atoms with E-state index in [0.717, 1.165) is 0 Å². The second-order valence-corrected chi connectivity index (χ2v) is 11.3. The Morgan fingerprint density at radius 2 is 1.29 bits per heavy atom. The number of rotatable bonds is 8. The van der Waals surface area contributed by atoms with E-state index in [1.54, 1.807) is 74.4 Å². The minimum Gasteiger partial charge on any atom is -0.460 e. The van der Waals surface area contributed by atoms with Crippen LogP contribution in [-0.2, 0) is 30.2 Å². The fourth-order valence-electron chi connectivity index (χ4n) is 3.01. The van der Waals surface area contributed by atoms with Crippen molar-refractivity contribution in [3.63, 3.8) is 0 Å².